The Kier molecular flexibility index (Phi) is 3.82. The van der Waals surface area contributed by atoms with Crippen LogP contribution >= 0.6 is 0 Å². The molecule has 0 amide bonds. The molecule has 0 spiro atoms. The fourth-order valence-electron chi connectivity index (χ4n) is 4.82. The molecule has 0 fully saturated rings. The second-order valence-electron chi connectivity index (χ2n) is 7.79. The Morgan fingerprint density at radius 1 is 0.741 bits per heavy atom. The summed E-state index contributed by atoms with van der Waals surface area (Å²) in [6, 6.07) is 19.8. The van der Waals surface area contributed by atoms with Crippen LogP contribution < -0.4 is 0 Å². The van der Waals surface area contributed by atoms with Crippen LogP contribution in [0.5, 0.6) is 0 Å². The van der Waals surface area contributed by atoms with Gasteiger partial charge in [-0.25, -0.2) is 0 Å². The van der Waals surface area contributed by atoms with E-state index in [4.69, 9.17) is 0 Å². The Morgan fingerprint density at radius 3 is 2.30 bits per heavy atom. The van der Waals surface area contributed by atoms with Gasteiger partial charge < -0.3 is 0 Å². The van der Waals surface area contributed by atoms with Crippen LogP contribution in [0.3, 0.4) is 0 Å². The second-order valence-corrected chi connectivity index (χ2v) is 7.79. The highest BCUT2D eigenvalue weighted by molar-refractivity contribution is 5.81. The van der Waals surface area contributed by atoms with E-state index in [2.05, 4.69) is 85.6 Å². The first kappa shape index (κ1) is 16.3. The van der Waals surface area contributed by atoms with Crippen molar-refractivity contribution < 1.29 is 0 Å². The molecule has 2 aromatic carbocycles. The van der Waals surface area contributed by atoms with Gasteiger partial charge in [0.2, 0.25) is 0 Å². The Hall–Kier alpha value is -2.93. The van der Waals surface area contributed by atoms with Gasteiger partial charge in [0.25, 0.3) is 0 Å². The molecule has 0 saturated heterocycles. The van der Waals surface area contributed by atoms with Crippen molar-refractivity contribution in [2.24, 2.45) is 0 Å². The van der Waals surface area contributed by atoms with E-state index in [1.807, 2.05) is 12.4 Å². The third-order valence-corrected chi connectivity index (χ3v) is 6.20. The summed E-state index contributed by atoms with van der Waals surface area (Å²) in [6.45, 7) is 4.58. The van der Waals surface area contributed by atoms with Gasteiger partial charge in [-0.05, 0) is 65.8 Å². The molecular weight excluding hydrogens is 326 g/mol. The standard InChI is InChI=1S/C26H23N/c1-17-14-20-6-3-4-7-22(20)24(17)16-25-18(2)15-26-21(8-5-9-23(25)26)19-10-12-27-13-11-19/h3-15,24-25H,16H2,1-2H3. The number of benzene rings is 2. The summed E-state index contributed by atoms with van der Waals surface area (Å²) in [4.78, 5) is 4.17. The van der Waals surface area contributed by atoms with Crippen LogP contribution in [0.4, 0.5) is 0 Å². The highest BCUT2D eigenvalue weighted by atomic mass is 14.6. The van der Waals surface area contributed by atoms with Crippen LogP contribution in [-0.2, 0) is 0 Å². The van der Waals surface area contributed by atoms with Gasteiger partial charge in [0.15, 0.2) is 0 Å². The molecule has 0 aliphatic heterocycles. The number of hydrogen-bond donors (Lipinski definition) is 0. The van der Waals surface area contributed by atoms with E-state index in [1.54, 1.807) is 0 Å². The Bertz CT molecular complexity index is 1070. The van der Waals surface area contributed by atoms with Gasteiger partial charge in [0, 0.05) is 24.2 Å². The topological polar surface area (TPSA) is 12.9 Å². The van der Waals surface area contributed by atoms with E-state index < -0.39 is 0 Å². The quantitative estimate of drug-likeness (QED) is 0.504. The van der Waals surface area contributed by atoms with Crippen LogP contribution in [0, 0.1) is 0 Å². The molecule has 132 valence electrons. The number of pyridine rings is 1. The van der Waals surface area contributed by atoms with E-state index in [0.29, 0.717) is 11.8 Å². The molecule has 0 bridgehead atoms. The van der Waals surface area contributed by atoms with Gasteiger partial charge in [-0.15, -0.1) is 0 Å². The van der Waals surface area contributed by atoms with Crippen molar-refractivity contribution in [1.29, 1.82) is 0 Å². The van der Waals surface area contributed by atoms with E-state index in [9.17, 15) is 0 Å². The number of fused-ring (bicyclic) bond motifs is 2. The fourth-order valence-corrected chi connectivity index (χ4v) is 4.82. The molecule has 5 rings (SSSR count). The fraction of sp³-hybridized carbons (Fsp3) is 0.192. The third-order valence-electron chi connectivity index (χ3n) is 6.20. The van der Waals surface area contributed by atoms with Gasteiger partial charge in [-0.1, -0.05) is 65.8 Å². The first-order chi connectivity index (χ1) is 13.2. The smallest absolute Gasteiger partial charge is 0.0273 e. The number of allylic oxidation sites excluding steroid dienone is 2. The van der Waals surface area contributed by atoms with Crippen molar-refractivity contribution in [2.45, 2.75) is 32.1 Å². The van der Waals surface area contributed by atoms with Gasteiger partial charge in [-0.2, -0.15) is 0 Å². The lowest BCUT2D eigenvalue weighted by molar-refractivity contribution is 0.642. The van der Waals surface area contributed by atoms with Gasteiger partial charge >= 0.3 is 0 Å². The molecule has 0 radical (unpaired) electrons. The first-order valence-electron chi connectivity index (χ1n) is 9.71. The molecule has 0 N–H and O–H groups in total. The zero-order chi connectivity index (χ0) is 18.4. The molecule has 1 heteroatoms. The molecule has 2 atom stereocenters. The van der Waals surface area contributed by atoms with Gasteiger partial charge in [0.05, 0.1) is 0 Å². The summed E-state index contributed by atoms with van der Waals surface area (Å²) in [5.41, 5.74) is 11.3. The minimum atomic E-state index is 0.487. The summed E-state index contributed by atoms with van der Waals surface area (Å²) >= 11 is 0. The van der Waals surface area contributed by atoms with Crippen molar-refractivity contribution in [3.05, 3.63) is 100 Å². The Morgan fingerprint density at radius 2 is 1.44 bits per heavy atom. The van der Waals surface area contributed by atoms with Crippen molar-refractivity contribution in [3.63, 3.8) is 0 Å². The minimum Gasteiger partial charge on any atom is -0.265 e. The highest BCUT2D eigenvalue weighted by Crippen LogP contribution is 2.48. The maximum absolute atomic E-state index is 4.17. The van der Waals surface area contributed by atoms with E-state index in [1.165, 1.54) is 44.5 Å². The molecule has 2 unspecified atom stereocenters. The molecule has 3 aromatic rings. The summed E-state index contributed by atoms with van der Waals surface area (Å²) in [5.74, 6) is 1.01. The predicted octanol–water partition coefficient (Wildman–Crippen LogP) is 6.84. The maximum Gasteiger partial charge on any atom is 0.0273 e. The van der Waals surface area contributed by atoms with Crippen LogP contribution in [0.25, 0.3) is 23.3 Å². The van der Waals surface area contributed by atoms with Crippen LogP contribution in [-0.4, -0.2) is 4.98 Å². The molecule has 27 heavy (non-hydrogen) atoms. The predicted molar refractivity (Wildman–Crippen MR) is 114 cm³/mol. The molecular formula is C26H23N. The summed E-state index contributed by atoms with van der Waals surface area (Å²) in [5, 5.41) is 0. The van der Waals surface area contributed by atoms with Crippen molar-refractivity contribution >= 4 is 12.2 Å². The van der Waals surface area contributed by atoms with Crippen LogP contribution in [0.2, 0.25) is 0 Å². The van der Waals surface area contributed by atoms with Crippen molar-refractivity contribution in [3.8, 4) is 11.1 Å². The zero-order valence-corrected chi connectivity index (χ0v) is 15.8. The van der Waals surface area contributed by atoms with Crippen molar-refractivity contribution in [1.82, 2.24) is 4.98 Å². The normalized spacial score (nSPS) is 20.1. The summed E-state index contributed by atoms with van der Waals surface area (Å²) < 4.78 is 0. The molecule has 1 aromatic heterocycles. The summed E-state index contributed by atoms with van der Waals surface area (Å²) in [7, 11) is 0. The van der Waals surface area contributed by atoms with Crippen molar-refractivity contribution in [2.75, 3.05) is 0 Å². The minimum absolute atomic E-state index is 0.487. The summed E-state index contributed by atoms with van der Waals surface area (Å²) in [6.07, 6.45) is 9.66. The second kappa shape index (κ2) is 6.35. The molecule has 1 heterocycles. The highest BCUT2D eigenvalue weighted by Gasteiger charge is 2.31. The lowest BCUT2D eigenvalue weighted by Crippen LogP contribution is -2.06. The Balaban J connectivity index is 1.53. The third kappa shape index (κ3) is 2.66. The lowest BCUT2D eigenvalue weighted by atomic mass is 9.82. The molecule has 1 nitrogen and oxygen atoms in total. The van der Waals surface area contributed by atoms with Crippen LogP contribution in [0.1, 0.15) is 54.4 Å². The largest absolute Gasteiger partial charge is 0.265 e. The zero-order valence-electron chi connectivity index (χ0n) is 15.8. The maximum atomic E-state index is 4.17. The number of hydrogen-bond acceptors (Lipinski definition) is 1. The number of nitrogens with zero attached hydrogens (tertiary/aromatic N) is 1. The monoisotopic (exact) mass is 349 g/mol. The van der Waals surface area contributed by atoms with Gasteiger partial charge in [0.1, 0.15) is 0 Å². The Labute approximate surface area is 161 Å². The molecule has 2 aliphatic rings. The number of rotatable bonds is 3. The van der Waals surface area contributed by atoms with E-state index in [0.717, 1.165) is 6.42 Å². The molecule has 0 saturated carbocycles. The van der Waals surface area contributed by atoms with E-state index in [-0.39, 0.29) is 0 Å². The van der Waals surface area contributed by atoms with Gasteiger partial charge in [-0.3, -0.25) is 4.98 Å². The number of aromatic nitrogens is 1. The SMILES string of the molecule is CC1=Cc2ccccc2C1CC1C(C)=Cc2c(-c3ccncc3)cccc21. The average molecular weight is 349 g/mol. The van der Waals surface area contributed by atoms with Crippen LogP contribution in [0.15, 0.2) is 78.1 Å². The van der Waals surface area contributed by atoms with E-state index >= 15 is 0 Å². The lowest BCUT2D eigenvalue weighted by Gasteiger charge is -2.22. The first-order valence-corrected chi connectivity index (χ1v) is 9.71. The average Bonchev–Trinajstić information content (AvgIpc) is 3.19. The molecule has 2 aliphatic carbocycles.